The van der Waals surface area contributed by atoms with Gasteiger partial charge in [0.2, 0.25) is 5.95 Å². The lowest BCUT2D eigenvalue weighted by Gasteiger charge is -2.02. The number of benzene rings is 1. The third-order valence-electron chi connectivity index (χ3n) is 2.82. The molecular formula is C13H12N4O. The number of nitrogens with zero attached hydrogens (tertiary/aromatic N) is 2. The zero-order valence-corrected chi connectivity index (χ0v) is 9.84. The molecule has 0 unspecified atom stereocenters. The molecule has 2 N–H and O–H groups in total. The molecule has 0 radical (unpaired) electrons. The highest BCUT2D eigenvalue weighted by Gasteiger charge is 2.11. The number of carbonyl (C=O) groups is 1. The molecule has 5 nitrogen and oxygen atoms in total. The second-order valence-electron chi connectivity index (χ2n) is 4.09. The average Bonchev–Trinajstić information content (AvgIpc) is 2.96. The quantitative estimate of drug-likeness (QED) is 0.721. The molecule has 0 aliphatic heterocycles. The van der Waals surface area contributed by atoms with Gasteiger partial charge in [0.15, 0.2) is 0 Å². The number of amides is 1. The SMILES string of the molecule is Cn1ccnc1NC(=O)c1cc2ccccc2[nH]1. The van der Waals surface area contributed by atoms with Gasteiger partial charge in [-0.3, -0.25) is 10.1 Å². The first-order chi connectivity index (χ1) is 8.74. The number of aromatic amines is 1. The molecule has 18 heavy (non-hydrogen) atoms. The Morgan fingerprint density at radius 2 is 2.22 bits per heavy atom. The molecule has 0 aliphatic carbocycles. The van der Waals surface area contributed by atoms with Crippen molar-refractivity contribution >= 4 is 22.8 Å². The Bertz CT molecular complexity index is 677. The number of aryl methyl sites for hydroxylation is 1. The molecule has 90 valence electrons. The molecule has 5 heteroatoms. The maximum Gasteiger partial charge on any atom is 0.274 e. The van der Waals surface area contributed by atoms with Gasteiger partial charge in [-0.15, -0.1) is 0 Å². The first kappa shape index (κ1) is 10.6. The van der Waals surface area contributed by atoms with Gasteiger partial charge in [-0.2, -0.15) is 0 Å². The van der Waals surface area contributed by atoms with Gasteiger partial charge >= 0.3 is 0 Å². The average molecular weight is 240 g/mol. The molecule has 0 aliphatic rings. The maximum absolute atomic E-state index is 12.0. The predicted molar refractivity (Wildman–Crippen MR) is 69.5 cm³/mol. The second kappa shape index (κ2) is 4.03. The summed E-state index contributed by atoms with van der Waals surface area (Å²) in [5, 5.41) is 3.77. The number of nitrogens with one attached hydrogen (secondary N) is 2. The smallest absolute Gasteiger partial charge is 0.274 e. The van der Waals surface area contributed by atoms with Crippen LogP contribution in [-0.4, -0.2) is 20.4 Å². The van der Waals surface area contributed by atoms with Gasteiger partial charge in [-0.05, 0) is 12.1 Å². The van der Waals surface area contributed by atoms with Gasteiger partial charge in [0, 0.05) is 30.3 Å². The van der Waals surface area contributed by atoms with Crippen LogP contribution in [-0.2, 0) is 7.05 Å². The lowest BCUT2D eigenvalue weighted by Crippen LogP contribution is -2.15. The van der Waals surface area contributed by atoms with Crippen LogP contribution in [0.1, 0.15) is 10.5 Å². The summed E-state index contributed by atoms with van der Waals surface area (Å²) in [6.45, 7) is 0. The summed E-state index contributed by atoms with van der Waals surface area (Å²) in [6, 6.07) is 9.60. The highest BCUT2D eigenvalue weighted by atomic mass is 16.2. The number of hydrogen-bond donors (Lipinski definition) is 2. The van der Waals surface area contributed by atoms with Crippen molar-refractivity contribution in [3.05, 3.63) is 48.4 Å². The van der Waals surface area contributed by atoms with Crippen LogP contribution in [0.15, 0.2) is 42.7 Å². The molecule has 2 aromatic heterocycles. The van der Waals surface area contributed by atoms with Gasteiger partial charge in [0.05, 0.1) is 0 Å². The Hall–Kier alpha value is -2.56. The Morgan fingerprint density at radius 1 is 1.39 bits per heavy atom. The van der Waals surface area contributed by atoms with E-state index in [1.807, 2.05) is 37.4 Å². The second-order valence-corrected chi connectivity index (χ2v) is 4.09. The van der Waals surface area contributed by atoms with E-state index in [-0.39, 0.29) is 5.91 Å². The number of H-pyrrole nitrogens is 1. The summed E-state index contributed by atoms with van der Waals surface area (Å²) in [5.41, 5.74) is 1.47. The maximum atomic E-state index is 12.0. The zero-order valence-electron chi connectivity index (χ0n) is 9.84. The highest BCUT2D eigenvalue weighted by Crippen LogP contribution is 2.15. The third kappa shape index (κ3) is 1.75. The minimum absolute atomic E-state index is 0.194. The van der Waals surface area contributed by atoms with Crippen LogP contribution in [0.25, 0.3) is 10.9 Å². The minimum atomic E-state index is -0.194. The van der Waals surface area contributed by atoms with Crippen LogP contribution in [0, 0.1) is 0 Å². The number of hydrogen-bond acceptors (Lipinski definition) is 2. The summed E-state index contributed by atoms with van der Waals surface area (Å²) in [7, 11) is 1.83. The van der Waals surface area contributed by atoms with Crippen LogP contribution >= 0.6 is 0 Å². The van der Waals surface area contributed by atoms with E-state index in [0.717, 1.165) is 10.9 Å². The van der Waals surface area contributed by atoms with E-state index in [9.17, 15) is 4.79 Å². The molecule has 2 heterocycles. The standard InChI is InChI=1S/C13H12N4O/c1-17-7-6-14-13(17)16-12(18)11-8-9-4-2-3-5-10(9)15-11/h2-8,15H,1H3,(H,14,16,18). The number of aromatic nitrogens is 3. The molecule has 3 aromatic rings. The molecule has 3 rings (SSSR count). The van der Waals surface area contributed by atoms with E-state index in [1.54, 1.807) is 17.0 Å². The van der Waals surface area contributed by atoms with Crippen molar-refractivity contribution in [2.24, 2.45) is 7.05 Å². The number of imidazole rings is 1. The molecule has 0 bridgehead atoms. The molecule has 0 fully saturated rings. The topological polar surface area (TPSA) is 62.7 Å². The normalized spacial score (nSPS) is 10.7. The fourth-order valence-electron chi connectivity index (χ4n) is 1.85. The van der Waals surface area contributed by atoms with E-state index >= 15 is 0 Å². The first-order valence-corrected chi connectivity index (χ1v) is 5.60. The Balaban J connectivity index is 1.90. The van der Waals surface area contributed by atoms with Crippen molar-refractivity contribution in [1.29, 1.82) is 0 Å². The number of anilines is 1. The summed E-state index contributed by atoms with van der Waals surface area (Å²) >= 11 is 0. The van der Waals surface area contributed by atoms with Crippen LogP contribution in [0.4, 0.5) is 5.95 Å². The Labute approximate surface area is 103 Å². The Morgan fingerprint density at radius 3 is 2.94 bits per heavy atom. The highest BCUT2D eigenvalue weighted by molar-refractivity contribution is 6.05. The van der Waals surface area contributed by atoms with Gasteiger partial charge in [0.25, 0.3) is 5.91 Å². The summed E-state index contributed by atoms with van der Waals surface area (Å²) < 4.78 is 1.75. The number of carbonyl (C=O) groups excluding carboxylic acids is 1. The van der Waals surface area contributed by atoms with E-state index in [2.05, 4.69) is 15.3 Å². The lowest BCUT2D eigenvalue weighted by atomic mass is 10.2. The third-order valence-corrected chi connectivity index (χ3v) is 2.82. The van der Waals surface area contributed by atoms with Gasteiger partial charge < -0.3 is 9.55 Å². The van der Waals surface area contributed by atoms with Crippen molar-refractivity contribution in [3.63, 3.8) is 0 Å². The fourth-order valence-corrected chi connectivity index (χ4v) is 1.85. The van der Waals surface area contributed by atoms with Crippen molar-refractivity contribution < 1.29 is 4.79 Å². The monoisotopic (exact) mass is 240 g/mol. The molecule has 0 saturated heterocycles. The summed E-state index contributed by atoms with van der Waals surface area (Å²) in [5.74, 6) is 0.333. The summed E-state index contributed by atoms with van der Waals surface area (Å²) in [6.07, 6.45) is 3.42. The number of para-hydroxylation sites is 1. The number of rotatable bonds is 2. The molecule has 1 amide bonds. The van der Waals surface area contributed by atoms with Crippen LogP contribution in [0.3, 0.4) is 0 Å². The van der Waals surface area contributed by atoms with Crippen LogP contribution in [0.2, 0.25) is 0 Å². The summed E-state index contributed by atoms with van der Waals surface area (Å²) in [4.78, 5) is 19.2. The van der Waals surface area contributed by atoms with Crippen molar-refractivity contribution in [3.8, 4) is 0 Å². The van der Waals surface area contributed by atoms with Crippen molar-refractivity contribution in [2.75, 3.05) is 5.32 Å². The molecular weight excluding hydrogens is 228 g/mol. The minimum Gasteiger partial charge on any atom is -0.351 e. The first-order valence-electron chi connectivity index (χ1n) is 5.60. The van der Waals surface area contributed by atoms with Crippen molar-refractivity contribution in [1.82, 2.24) is 14.5 Å². The van der Waals surface area contributed by atoms with Crippen LogP contribution < -0.4 is 5.32 Å². The molecule has 0 atom stereocenters. The van der Waals surface area contributed by atoms with E-state index in [1.165, 1.54) is 0 Å². The molecule has 0 saturated carbocycles. The van der Waals surface area contributed by atoms with E-state index in [4.69, 9.17) is 0 Å². The number of fused-ring (bicyclic) bond motifs is 1. The van der Waals surface area contributed by atoms with Gasteiger partial charge in [-0.1, -0.05) is 18.2 Å². The largest absolute Gasteiger partial charge is 0.351 e. The van der Waals surface area contributed by atoms with Gasteiger partial charge in [0.1, 0.15) is 5.69 Å². The molecule has 0 spiro atoms. The zero-order chi connectivity index (χ0) is 12.5. The van der Waals surface area contributed by atoms with Crippen molar-refractivity contribution in [2.45, 2.75) is 0 Å². The van der Waals surface area contributed by atoms with Crippen LogP contribution in [0.5, 0.6) is 0 Å². The fraction of sp³-hybridized carbons (Fsp3) is 0.0769. The van der Waals surface area contributed by atoms with Gasteiger partial charge in [-0.25, -0.2) is 4.98 Å². The Kier molecular flexibility index (Phi) is 2.37. The predicted octanol–water partition coefficient (Wildman–Crippen LogP) is 2.15. The lowest BCUT2D eigenvalue weighted by molar-refractivity contribution is 0.102. The van der Waals surface area contributed by atoms with E-state index in [0.29, 0.717) is 11.6 Å². The van der Waals surface area contributed by atoms with E-state index < -0.39 is 0 Å². The molecule has 1 aromatic carbocycles.